The number of hydrogen-bond acceptors (Lipinski definition) is 3. The van der Waals surface area contributed by atoms with E-state index in [2.05, 4.69) is 10.6 Å². The van der Waals surface area contributed by atoms with Crippen LogP contribution in [0.15, 0.2) is 48.5 Å². The van der Waals surface area contributed by atoms with Crippen LogP contribution in [0.5, 0.6) is 0 Å². The van der Waals surface area contributed by atoms with Crippen molar-refractivity contribution in [3.8, 4) is 0 Å². The Kier molecular flexibility index (Phi) is 7.33. The van der Waals surface area contributed by atoms with Crippen molar-refractivity contribution in [3.05, 3.63) is 65.2 Å². The largest absolute Gasteiger partial charge is 0.416 e. The number of carbonyl (C=O) groups excluding carboxylic acids is 2. The molecular weight excluding hydrogens is 393 g/mol. The molecule has 0 fully saturated rings. The number of alkyl halides is 3. The summed E-state index contributed by atoms with van der Waals surface area (Å²) < 4.78 is 50.0. The summed E-state index contributed by atoms with van der Waals surface area (Å²) in [6.45, 7) is 1.77. The van der Waals surface area contributed by atoms with Gasteiger partial charge >= 0.3 is 6.18 Å². The Bertz CT molecular complexity index is 867. The van der Waals surface area contributed by atoms with Gasteiger partial charge in [0.2, 0.25) is 11.8 Å². The molecule has 2 aromatic carbocycles. The number of rotatable bonds is 7. The lowest BCUT2D eigenvalue weighted by Gasteiger charge is -2.10. The van der Waals surface area contributed by atoms with Crippen LogP contribution in [0.3, 0.4) is 0 Å². The molecule has 1 atom stereocenters. The summed E-state index contributed by atoms with van der Waals surface area (Å²) in [5, 5.41) is 4.99. The molecule has 0 heterocycles. The zero-order valence-corrected chi connectivity index (χ0v) is 15.8. The Hall–Kier alpha value is -2.68. The maximum Gasteiger partial charge on any atom is 0.416 e. The third-order valence-corrected chi connectivity index (χ3v) is 4.83. The molecule has 0 radical (unpaired) electrons. The number of benzene rings is 2. The summed E-state index contributed by atoms with van der Waals surface area (Å²) in [7, 11) is -1.74. The fourth-order valence-electron chi connectivity index (χ4n) is 2.29. The Labute approximate surface area is 162 Å². The second-order valence-corrected chi connectivity index (χ2v) is 7.57. The first-order valence-electron chi connectivity index (χ1n) is 8.28. The molecule has 0 aliphatic rings. The van der Waals surface area contributed by atoms with Gasteiger partial charge in [0.15, 0.2) is 0 Å². The maximum atomic E-state index is 12.7. The monoisotopic (exact) mass is 412 g/mol. The summed E-state index contributed by atoms with van der Waals surface area (Å²) in [4.78, 5) is 23.7. The number of carbonyl (C=O) groups is 2. The van der Waals surface area contributed by atoms with E-state index < -0.39 is 40.1 Å². The highest BCUT2D eigenvalue weighted by Crippen LogP contribution is 2.29. The van der Waals surface area contributed by atoms with Crippen LogP contribution in [-0.2, 0) is 33.1 Å². The number of aryl methyl sites for hydroxylation is 1. The van der Waals surface area contributed by atoms with E-state index in [-0.39, 0.29) is 17.9 Å². The molecule has 0 saturated carbocycles. The van der Waals surface area contributed by atoms with Crippen LogP contribution in [-0.4, -0.2) is 27.5 Å². The highest BCUT2D eigenvalue weighted by molar-refractivity contribution is 7.86. The highest BCUT2D eigenvalue weighted by atomic mass is 32.2. The molecule has 5 nitrogen and oxygen atoms in total. The zero-order valence-electron chi connectivity index (χ0n) is 15.0. The summed E-state index contributed by atoms with van der Waals surface area (Å²) >= 11 is 0. The van der Waals surface area contributed by atoms with E-state index in [0.29, 0.717) is 5.69 Å². The van der Waals surface area contributed by atoms with Crippen molar-refractivity contribution < 1.29 is 27.0 Å². The van der Waals surface area contributed by atoms with Gasteiger partial charge in [-0.1, -0.05) is 29.8 Å². The van der Waals surface area contributed by atoms with E-state index in [1.54, 1.807) is 12.1 Å². The molecule has 0 aromatic heterocycles. The van der Waals surface area contributed by atoms with Crippen LogP contribution in [0.1, 0.15) is 16.7 Å². The maximum absolute atomic E-state index is 12.7. The van der Waals surface area contributed by atoms with Crippen LogP contribution in [0.25, 0.3) is 0 Å². The fourth-order valence-corrected chi connectivity index (χ4v) is 3.15. The first kappa shape index (κ1) is 21.6. The minimum atomic E-state index is -4.47. The summed E-state index contributed by atoms with van der Waals surface area (Å²) in [5.74, 6) is -1.88. The average Bonchev–Trinajstić information content (AvgIpc) is 2.61. The van der Waals surface area contributed by atoms with Gasteiger partial charge in [0, 0.05) is 23.0 Å². The van der Waals surface area contributed by atoms with Gasteiger partial charge in [-0.25, -0.2) is 0 Å². The van der Waals surface area contributed by atoms with E-state index in [4.69, 9.17) is 0 Å². The second kappa shape index (κ2) is 9.50. The van der Waals surface area contributed by atoms with E-state index >= 15 is 0 Å². The van der Waals surface area contributed by atoms with Gasteiger partial charge in [0.1, 0.15) is 11.5 Å². The molecular formula is C19H19F3N2O3S. The van der Waals surface area contributed by atoms with Gasteiger partial charge in [-0.05, 0) is 36.8 Å². The molecule has 2 N–H and O–H groups in total. The van der Waals surface area contributed by atoms with Crippen molar-refractivity contribution in [2.75, 3.05) is 16.8 Å². The van der Waals surface area contributed by atoms with Crippen molar-refractivity contribution in [2.24, 2.45) is 0 Å². The predicted octanol–water partition coefficient (Wildman–Crippen LogP) is 3.02. The van der Waals surface area contributed by atoms with Crippen LogP contribution in [0.2, 0.25) is 0 Å². The van der Waals surface area contributed by atoms with Crippen LogP contribution < -0.4 is 10.6 Å². The minimum Gasteiger partial charge on any atom is -0.351 e. The molecule has 2 amide bonds. The molecule has 28 heavy (non-hydrogen) atoms. The molecule has 9 heteroatoms. The third-order valence-electron chi connectivity index (χ3n) is 3.66. The standard InChI is InChI=1S/C19H19F3N2O3S/c1-13-5-7-16(8-6-13)24-18(26)12-28(27)11-17(25)23-10-14-3-2-4-15(9-14)19(20,21)22/h2-9H,10-12H2,1H3,(H,23,25)(H,24,26)/t28-/m1/s1. The van der Waals surface area contributed by atoms with E-state index in [9.17, 15) is 27.0 Å². The van der Waals surface area contributed by atoms with E-state index in [1.165, 1.54) is 12.1 Å². The average molecular weight is 412 g/mol. The summed E-state index contributed by atoms with van der Waals surface area (Å²) in [5.41, 5.74) is 1.04. The zero-order chi connectivity index (χ0) is 20.7. The third kappa shape index (κ3) is 7.15. The molecule has 0 aliphatic heterocycles. The quantitative estimate of drug-likeness (QED) is 0.734. The van der Waals surface area contributed by atoms with Gasteiger partial charge in [-0.15, -0.1) is 0 Å². The van der Waals surface area contributed by atoms with Gasteiger partial charge < -0.3 is 10.6 Å². The van der Waals surface area contributed by atoms with Gasteiger partial charge in [-0.2, -0.15) is 13.2 Å². The van der Waals surface area contributed by atoms with Gasteiger partial charge in [-0.3, -0.25) is 13.8 Å². The van der Waals surface area contributed by atoms with Crippen molar-refractivity contribution in [2.45, 2.75) is 19.6 Å². The lowest BCUT2D eigenvalue weighted by molar-refractivity contribution is -0.137. The Balaban J connectivity index is 1.78. The number of amides is 2. The molecule has 0 bridgehead atoms. The molecule has 2 aromatic rings. The van der Waals surface area contributed by atoms with Crippen molar-refractivity contribution >= 4 is 28.3 Å². The Morgan fingerprint density at radius 1 is 1.00 bits per heavy atom. The van der Waals surface area contributed by atoms with Crippen molar-refractivity contribution in [1.82, 2.24) is 5.32 Å². The molecule has 0 spiro atoms. The molecule has 2 rings (SSSR count). The topological polar surface area (TPSA) is 75.3 Å². The van der Waals surface area contributed by atoms with Crippen LogP contribution in [0, 0.1) is 6.92 Å². The minimum absolute atomic E-state index is 0.129. The number of nitrogens with one attached hydrogen (secondary N) is 2. The first-order valence-corrected chi connectivity index (χ1v) is 9.76. The van der Waals surface area contributed by atoms with Crippen molar-refractivity contribution in [1.29, 1.82) is 0 Å². The molecule has 0 unspecified atom stereocenters. The lowest BCUT2D eigenvalue weighted by atomic mass is 10.1. The SMILES string of the molecule is Cc1ccc(NC(=O)C[S@](=O)CC(=O)NCc2cccc(C(F)(F)F)c2)cc1. The molecule has 0 aliphatic carbocycles. The Morgan fingerprint density at radius 3 is 2.29 bits per heavy atom. The van der Waals surface area contributed by atoms with Gasteiger partial charge in [0.25, 0.3) is 0 Å². The highest BCUT2D eigenvalue weighted by Gasteiger charge is 2.30. The smallest absolute Gasteiger partial charge is 0.351 e. The second-order valence-electron chi connectivity index (χ2n) is 6.12. The summed E-state index contributed by atoms with van der Waals surface area (Å²) in [6, 6.07) is 11.6. The van der Waals surface area contributed by atoms with E-state index in [0.717, 1.165) is 17.7 Å². The predicted molar refractivity (Wildman–Crippen MR) is 101 cm³/mol. The van der Waals surface area contributed by atoms with Crippen LogP contribution in [0.4, 0.5) is 18.9 Å². The lowest BCUT2D eigenvalue weighted by Crippen LogP contribution is -2.31. The van der Waals surface area contributed by atoms with E-state index in [1.807, 2.05) is 19.1 Å². The van der Waals surface area contributed by atoms with Crippen molar-refractivity contribution in [3.63, 3.8) is 0 Å². The number of hydrogen-bond donors (Lipinski definition) is 2. The summed E-state index contributed by atoms with van der Waals surface area (Å²) in [6.07, 6.45) is -4.47. The fraction of sp³-hybridized carbons (Fsp3) is 0.263. The first-order chi connectivity index (χ1) is 13.1. The molecule has 0 saturated heterocycles. The number of anilines is 1. The van der Waals surface area contributed by atoms with Gasteiger partial charge in [0.05, 0.1) is 5.56 Å². The molecule has 150 valence electrons. The van der Waals surface area contributed by atoms with Crippen LogP contribution >= 0.6 is 0 Å². The Morgan fingerprint density at radius 2 is 1.64 bits per heavy atom. The number of halogens is 3. The normalized spacial score (nSPS) is 12.3.